The summed E-state index contributed by atoms with van der Waals surface area (Å²) in [5, 5.41) is 3.23. The van der Waals surface area contributed by atoms with Gasteiger partial charge in [0.05, 0.1) is 11.7 Å². The van der Waals surface area contributed by atoms with Crippen LogP contribution in [-0.4, -0.2) is 19.2 Å². The summed E-state index contributed by atoms with van der Waals surface area (Å²) in [7, 11) is 0. The Morgan fingerprint density at radius 2 is 2.33 bits per heavy atom. The molecule has 2 rings (SSSR count). The molecule has 0 aliphatic carbocycles. The number of anilines is 1. The highest BCUT2D eigenvalue weighted by atomic mass is 16.5. The fourth-order valence-electron chi connectivity index (χ4n) is 1.27. The summed E-state index contributed by atoms with van der Waals surface area (Å²) in [5.41, 5.74) is 8.20. The maximum absolute atomic E-state index is 7.20. The Balaban J connectivity index is 2.23. The van der Waals surface area contributed by atoms with Crippen LogP contribution in [0, 0.1) is 0 Å². The van der Waals surface area contributed by atoms with Gasteiger partial charge in [-0.2, -0.15) is 0 Å². The minimum absolute atomic E-state index is 0.139. The highest BCUT2D eigenvalue weighted by molar-refractivity contribution is 5.58. The predicted octanol–water partition coefficient (Wildman–Crippen LogP) is 1.14. The smallest absolute Gasteiger partial charge is 0.142 e. The summed E-state index contributed by atoms with van der Waals surface area (Å²) in [6.07, 6.45) is 0. The van der Waals surface area contributed by atoms with E-state index in [9.17, 15) is 0 Å². The number of nitrogens with one attached hydrogen (secondary N) is 2. The third-order valence-corrected chi connectivity index (χ3v) is 1.93. The third kappa shape index (κ3) is 1.23. The van der Waals surface area contributed by atoms with Crippen LogP contribution < -0.4 is 15.8 Å². The van der Waals surface area contributed by atoms with Gasteiger partial charge in [-0.25, -0.2) is 0 Å². The first-order chi connectivity index (χ1) is 5.90. The van der Waals surface area contributed by atoms with E-state index in [1.807, 2.05) is 24.3 Å². The van der Waals surface area contributed by atoms with Crippen molar-refractivity contribution in [1.29, 1.82) is 0 Å². The summed E-state index contributed by atoms with van der Waals surface area (Å²) in [6, 6.07) is 7.95. The van der Waals surface area contributed by atoms with Crippen LogP contribution in [0.5, 0.6) is 5.75 Å². The standard InChI is InChI=1S/C9H11N2O/c10-5-7-6-12-9-4-2-1-3-8(9)11-7/h1-4,7,10-11H,5-6H2. The molecule has 0 bridgehead atoms. The van der Waals surface area contributed by atoms with Gasteiger partial charge < -0.3 is 10.1 Å². The van der Waals surface area contributed by atoms with Crippen LogP contribution in [0.3, 0.4) is 0 Å². The average Bonchev–Trinajstić information content (AvgIpc) is 2.17. The molecule has 0 amide bonds. The molecule has 63 valence electrons. The Hall–Kier alpha value is -1.22. The summed E-state index contributed by atoms with van der Waals surface area (Å²) >= 11 is 0. The second-order valence-electron chi connectivity index (χ2n) is 2.85. The predicted molar refractivity (Wildman–Crippen MR) is 47.3 cm³/mol. The lowest BCUT2D eigenvalue weighted by molar-refractivity contribution is 0.286. The minimum Gasteiger partial charge on any atom is -0.489 e. The second-order valence-corrected chi connectivity index (χ2v) is 2.85. The summed E-state index contributed by atoms with van der Waals surface area (Å²) in [6.45, 7) is 0.953. The van der Waals surface area contributed by atoms with Gasteiger partial charge in [0, 0.05) is 6.54 Å². The number of ether oxygens (including phenoxy) is 1. The van der Waals surface area contributed by atoms with Gasteiger partial charge in [-0.3, -0.25) is 5.73 Å². The quantitative estimate of drug-likeness (QED) is 0.674. The molecule has 1 aromatic carbocycles. The molecule has 12 heavy (non-hydrogen) atoms. The van der Waals surface area contributed by atoms with Crippen molar-refractivity contribution in [3.63, 3.8) is 0 Å². The molecule has 0 aromatic heterocycles. The van der Waals surface area contributed by atoms with Crippen LogP contribution in [0.25, 0.3) is 0 Å². The van der Waals surface area contributed by atoms with Gasteiger partial charge in [-0.15, -0.1) is 0 Å². The molecule has 1 aromatic rings. The van der Waals surface area contributed by atoms with Crippen molar-refractivity contribution in [3.05, 3.63) is 24.3 Å². The van der Waals surface area contributed by atoms with Gasteiger partial charge in [0.1, 0.15) is 12.4 Å². The maximum atomic E-state index is 7.20. The number of para-hydroxylation sites is 2. The molecule has 0 spiro atoms. The van der Waals surface area contributed by atoms with Crippen molar-refractivity contribution < 1.29 is 4.74 Å². The van der Waals surface area contributed by atoms with Crippen LogP contribution in [-0.2, 0) is 0 Å². The molecule has 1 unspecified atom stereocenters. The number of hydrogen-bond donors (Lipinski definition) is 1. The lowest BCUT2D eigenvalue weighted by Crippen LogP contribution is -2.34. The zero-order chi connectivity index (χ0) is 8.39. The van der Waals surface area contributed by atoms with E-state index in [1.54, 1.807) is 0 Å². The normalized spacial score (nSPS) is 20.6. The molecular weight excluding hydrogens is 152 g/mol. The van der Waals surface area contributed by atoms with E-state index in [-0.39, 0.29) is 6.04 Å². The molecule has 1 atom stereocenters. The Labute approximate surface area is 71.5 Å². The first-order valence-corrected chi connectivity index (χ1v) is 4.03. The molecule has 2 N–H and O–H groups in total. The molecule has 3 heteroatoms. The number of fused-ring (bicyclic) bond motifs is 1. The highest BCUT2D eigenvalue weighted by Crippen LogP contribution is 2.27. The zero-order valence-electron chi connectivity index (χ0n) is 6.71. The third-order valence-electron chi connectivity index (χ3n) is 1.93. The zero-order valence-corrected chi connectivity index (χ0v) is 6.71. The Morgan fingerprint density at radius 3 is 3.17 bits per heavy atom. The van der Waals surface area contributed by atoms with Crippen LogP contribution in [0.2, 0.25) is 0 Å². The fourth-order valence-corrected chi connectivity index (χ4v) is 1.27. The van der Waals surface area contributed by atoms with E-state index in [0.29, 0.717) is 13.2 Å². The van der Waals surface area contributed by atoms with Crippen molar-refractivity contribution in [1.82, 2.24) is 5.73 Å². The van der Waals surface area contributed by atoms with Crippen molar-refractivity contribution in [3.8, 4) is 5.75 Å². The maximum Gasteiger partial charge on any atom is 0.142 e. The van der Waals surface area contributed by atoms with Crippen LogP contribution in [0.1, 0.15) is 0 Å². The summed E-state index contributed by atoms with van der Waals surface area (Å²) in [4.78, 5) is 0. The topological polar surface area (TPSA) is 45.1 Å². The van der Waals surface area contributed by atoms with E-state index >= 15 is 0 Å². The van der Waals surface area contributed by atoms with Crippen molar-refractivity contribution in [2.24, 2.45) is 0 Å². The lowest BCUT2D eigenvalue weighted by Gasteiger charge is -2.25. The lowest BCUT2D eigenvalue weighted by atomic mass is 10.2. The molecule has 1 heterocycles. The number of benzene rings is 1. The van der Waals surface area contributed by atoms with Crippen LogP contribution in [0.15, 0.2) is 24.3 Å². The van der Waals surface area contributed by atoms with E-state index in [4.69, 9.17) is 10.5 Å². The molecule has 3 nitrogen and oxygen atoms in total. The molecule has 1 aliphatic heterocycles. The highest BCUT2D eigenvalue weighted by Gasteiger charge is 2.16. The first kappa shape index (κ1) is 7.43. The van der Waals surface area contributed by atoms with Gasteiger partial charge in [0.25, 0.3) is 0 Å². The molecule has 1 aliphatic rings. The summed E-state index contributed by atoms with van der Waals surface area (Å²) in [5.74, 6) is 0.891. The van der Waals surface area contributed by atoms with E-state index in [2.05, 4.69) is 5.32 Å². The van der Waals surface area contributed by atoms with Gasteiger partial charge in [0.2, 0.25) is 0 Å². The SMILES string of the molecule is [NH]CC1COc2ccccc2N1. The van der Waals surface area contributed by atoms with Crippen molar-refractivity contribution >= 4 is 5.69 Å². The van der Waals surface area contributed by atoms with Crippen LogP contribution >= 0.6 is 0 Å². The Bertz CT molecular complexity index is 275. The molecule has 1 radical (unpaired) electrons. The van der Waals surface area contributed by atoms with Crippen LogP contribution in [0.4, 0.5) is 5.69 Å². The van der Waals surface area contributed by atoms with Crippen molar-refractivity contribution in [2.45, 2.75) is 6.04 Å². The first-order valence-electron chi connectivity index (χ1n) is 4.03. The molecule has 0 saturated carbocycles. The van der Waals surface area contributed by atoms with Gasteiger partial charge in [-0.05, 0) is 12.1 Å². The Kier molecular flexibility index (Phi) is 1.87. The van der Waals surface area contributed by atoms with Gasteiger partial charge in [-0.1, -0.05) is 12.1 Å². The largest absolute Gasteiger partial charge is 0.489 e. The Morgan fingerprint density at radius 1 is 1.50 bits per heavy atom. The number of hydrogen-bond acceptors (Lipinski definition) is 2. The van der Waals surface area contributed by atoms with E-state index < -0.39 is 0 Å². The monoisotopic (exact) mass is 163 g/mol. The van der Waals surface area contributed by atoms with E-state index in [1.165, 1.54) is 0 Å². The molecular formula is C9H11N2O. The number of rotatable bonds is 1. The fraction of sp³-hybridized carbons (Fsp3) is 0.333. The minimum atomic E-state index is 0.139. The van der Waals surface area contributed by atoms with Gasteiger partial charge in [0.15, 0.2) is 0 Å². The van der Waals surface area contributed by atoms with Gasteiger partial charge >= 0.3 is 0 Å². The summed E-state index contributed by atoms with van der Waals surface area (Å²) < 4.78 is 5.44. The van der Waals surface area contributed by atoms with Crippen molar-refractivity contribution in [2.75, 3.05) is 18.5 Å². The molecule has 0 saturated heterocycles. The average molecular weight is 163 g/mol. The van der Waals surface area contributed by atoms with E-state index in [0.717, 1.165) is 11.4 Å². The molecule has 0 fully saturated rings. The second kappa shape index (κ2) is 3.03.